The standard InChI is InChI=1S/C22H24N2O3S/c1-5-24-21(26)19(13-16-10-11-17(25)18(12-16)27-6-2)28-22(24)23-20-14(3)8-7-9-15(20)4/h7-13,25H,5-6H2,1-4H3/b19-13+,23-22?. The first-order valence-corrected chi connectivity index (χ1v) is 10.1. The lowest BCUT2D eigenvalue weighted by Gasteiger charge is -2.13. The number of hydrogen-bond acceptors (Lipinski definition) is 5. The summed E-state index contributed by atoms with van der Waals surface area (Å²) in [4.78, 5) is 19.9. The van der Waals surface area contributed by atoms with Gasteiger partial charge in [0.15, 0.2) is 16.7 Å². The van der Waals surface area contributed by atoms with Crippen molar-refractivity contribution in [3.63, 3.8) is 0 Å². The maximum atomic E-state index is 12.9. The number of benzene rings is 2. The summed E-state index contributed by atoms with van der Waals surface area (Å²) in [5.41, 5.74) is 3.85. The van der Waals surface area contributed by atoms with E-state index in [1.54, 1.807) is 23.1 Å². The number of rotatable bonds is 5. The van der Waals surface area contributed by atoms with Crippen molar-refractivity contribution < 1.29 is 14.6 Å². The van der Waals surface area contributed by atoms with Crippen LogP contribution >= 0.6 is 11.8 Å². The zero-order valence-corrected chi connectivity index (χ0v) is 17.3. The summed E-state index contributed by atoms with van der Waals surface area (Å²) >= 11 is 1.37. The molecule has 146 valence electrons. The Morgan fingerprint density at radius 3 is 2.54 bits per heavy atom. The van der Waals surface area contributed by atoms with Gasteiger partial charge < -0.3 is 9.84 Å². The molecule has 28 heavy (non-hydrogen) atoms. The smallest absolute Gasteiger partial charge is 0.266 e. The fourth-order valence-corrected chi connectivity index (χ4v) is 4.04. The third kappa shape index (κ3) is 4.07. The molecule has 2 aromatic carbocycles. The molecule has 0 radical (unpaired) electrons. The zero-order valence-electron chi connectivity index (χ0n) is 16.5. The molecule has 6 heteroatoms. The van der Waals surface area contributed by atoms with Gasteiger partial charge in [0.1, 0.15) is 0 Å². The van der Waals surface area contributed by atoms with Gasteiger partial charge in [0, 0.05) is 6.54 Å². The number of likely N-dealkylation sites (N-methyl/N-ethyl adjacent to an activating group) is 1. The van der Waals surface area contributed by atoms with Gasteiger partial charge in [-0.1, -0.05) is 24.3 Å². The van der Waals surface area contributed by atoms with Gasteiger partial charge in [0.2, 0.25) is 0 Å². The van der Waals surface area contributed by atoms with Crippen LogP contribution in [0.15, 0.2) is 46.3 Å². The van der Waals surface area contributed by atoms with Crippen molar-refractivity contribution >= 4 is 34.6 Å². The number of thioether (sulfide) groups is 1. The van der Waals surface area contributed by atoms with Crippen LogP contribution in [-0.2, 0) is 4.79 Å². The third-order valence-electron chi connectivity index (χ3n) is 4.43. The van der Waals surface area contributed by atoms with Crippen LogP contribution in [-0.4, -0.2) is 34.2 Å². The van der Waals surface area contributed by atoms with E-state index in [9.17, 15) is 9.90 Å². The molecule has 1 heterocycles. The van der Waals surface area contributed by atoms with Crippen LogP contribution in [0.1, 0.15) is 30.5 Å². The molecule has 1 aliphatic heterocycles. The fraction of sp³-hybridized carbons (Fsp3) is 0.273. The van der Waals surface area contributed by atoms with E-state index in [1.165, 1.54) is 11.8 Å². The van der Waals surface area contributed by atoms with Crippen molar-refractivity contribution in [3.8, 4) is 11.5 Å². The first-order valence-electron chi connectivity index (χ1n) is 9.26. The molecule has 1 aliphatic rings. The Labute approximate surface area is 169 Å². The SMILES string of the molecule is CCOc1cc(/C=C2/SC(=Nc3c(C)cccc3C)N(CC)C2=O)ccc1O. The molecule has 0 aromatic heterocycles. The van der Waals surface area contributed by atoms with E-state index < -0.39 is 0 Å². The molecular weight excluding hydrogens is 372 g/mol. The number of nitrogens with zero attached hydrogens (tertiary/aromatic N) is 2. The summed E-state index contributed by atoms with van der Waals surface area (Å²) in [7, 11) is 0. The highest BCUT2D eigenvalue weighted by Gasteiger charge is 2.32. The normalized spacial score (nSPS) is 17.0. The average molecular weight is 397 g/mol. The first kappa shape index (κ1) is 20.0. The second-order valence-electron chi connectivity index (χ2n) is 6.46. The zero-order chi connectivity index (χ0) is 20.3. The third-order valence-corrected chi connectivity index (χ3v) is 5.44. The number of para-hydroxylation sites is 1. The number of amides is 1. The Bertz CT molecular complexity index is 946. The van der Waals surface area contributed by atoms with Gasteiger partial charge in [-0.2, -0.15) is 0 Å². The van der Waals surface area contributed by atoms with Crippen molar-refractivity contribution in [3.05, 3.63) is 58.0 Å². The summed E-state index contributed by atoms with van der Waals surface area (Å²) in [6.07, 6.45) is 1.81. The van der Waals surface area contributed by atoms with Crippen LogP contribution in [0.4, 0.5) is 5.69 Å². The Morgan fingerprint density at radius 2 is 1.89 bits per heavy atom. The fourth-order valence-electron chi connectivity index (χ4n) is 2.99. The molecule has 2 aromatic rings. The number of aliphatic imine (C=N–C) groups is 1. The number of aromatic hydroxyl groups is 1. The lowest BCUT2D eigenvalue weighted by molar-refractivity contribution is -0.122. The highest BCUT2D eigenvalue weighted by atomic mass is 32.2. The minimum absolute atomic E-state index is 0.0662. The maximum Gasteiger partial charge on any atom is 0.266 e. The second kappa shape index (κ2) is 8.52. The molecule has 0 unspecified atom stereocenters. The number of ether oxygens (including phenoxy) is 1. The average Bonchev–Trinajstić information content (AvgIpc) is 2.96. The van der Waals surface area contributed by atoms with E-state index in [4.69, 9.17) is 9.73 Å². The van der Waals surface area contributed by atoms with Crippen LogP contribution in [0, 0.1) is 13.8 Å². The predicted molar refractivity (Wildman–Crippen MR) is 115 cm³/mol. The molecule has 3 rings (SSSR count). The molecule has 1 saturated heterocycles. The van der Waals surface area contributed by atoms with Gasteiger partial charge in [0.05, 0.1) is 17.2 Å². The number of amidine groups is 1. The monoisotopic (exact) mass is 396 g/mol. The van der Waals surface area contributed by atoms with Crippen molar-refractivity contribution in [2.75, 3.05) is 13.2 Å². The van der Waals surface area contributed by atoms with Crippen LogP contribution in [0.5, 0.6) is 11.5 Å². The van der Waals surface area contributed by atoms with Crippen LogP contribution in [0.2, 0.25) is 0 Å². The molecule has 1 N–H and O–H groups in total. The molecule has 1 fully saturated rings. The Balaban J connectivity index is 1.97. The Hall–Kier alpha value is -2.73. The molecule has 0 saturated carbocycles. The number of carbonyl (C=O) groups is 1. The topological polar surface area (TPSA) is 62.1 Å². The van der Waals surface area contributed by atoms with E-state index >= 15 is 0 Å². The van der Waals surface area contributed by atoms with Gasteiger partial charge >= 0.3 is 0 Å². The minimum Gasteiger partial charge on any atom is -0.504 e. The van der Waals surface area contributed by atoms with E-state index in [1.807, 2.05) is 52.0 Å². The summed E-state index contributed by atoms with van der Waals surface area (Å²) in [6.45, 7) is 8.84. The van der Waals surface area contributed by atoms with Crippen molar-refractivity contribution in [1.29, 1.82) is 0 Å². The largest absolute Gasteiger partial charge is 0.504 e. The Kier molecular flexibility index (Phi) is 6.09. The molecule has 5 nitrogen and oxygen atoms in total. The van der Waals surface area contributed by atoms with Gasteiger partial charge in [-0.15, -0.1) is 0 Å². The number of aryl methyl sites for hydroxylation is 2. The Morgan fingerprint density at radius 1 is 1.18 bits per heavy atom. The van der Waals surface area contributed by atoms with Crippen LogP contribution in [0.25, 0.3) is 6.08 Å². The van der Waals surface area contributed by atoms with E-state index in [0.29, 0.717) is 29.0 Å². The highest BCUT2D eigenvalue weighted by molar-refractivity contribution is 8.18. The van der Waals surface area contributed by atoms with Crippen molar-refractivity contribution in [1.82, 2.24) is 4.90 Å². The lowest BCUT2D eigenvalue weighted by Crippen LogP contribution is -2.28. The van der Waals surface area contributed by atoms with E-state index in [0.717, 1.165) is 22.4 Å². The number of carbonyl (C=O) groups excluding carboxylic acids is 1. The van der Waals surface area contributed by atoms with Gasteiger partial charge in [-0.05, 0) is 74.4 Å². The molecule has 1 amide bonds. The van der Waals surface area contributed by atoms with Crippen LogP contribution < -0.4 is 4.74 Å². The minimum atomic E-state index is -0.0662. The van der Waals surface area contributed by atoms with Gasteiger partial charge in [-0.25, -0.2) is 4.99 Å². The molecule has 0 aliphatic carbocycles. The second-order valence-corrected chi connectivity index (χ2v) is 7.46. The molecule has 0 spiro atoms. The number of hydrogen-bond donors (Lipinski definition) is 1. The summed E-state index contributed by atoms with van der Waals surface area (Å²) < 4.78 is 5.43. The lowest BCUT2D eigenvalue weighted by atomic mass is 10.1. The van der Waals surface area contributed by atoms with Gasteiger partial charge in [0.25, 0.3) is 5.91 Å². The predicted octanol–water partition coefficient (Wildman–Crippen LogP) is 5.03. The highest BCUT2D eigenvalue weighted by Crippen LogP contribution is 2.36. The molecule has 0 atom stereocenters. The van der Waals surface area contributed by atoms with Crippen molar-refractivity contribution in [2.45, 2.75) is 27.7 Å². The molecular formula is C22H24N2O3S. The van der Waals surface area contributed by atoms with Crippen LogP contribution in [0.3, 0.4) is 0 Å². The first-order chi connectivity index (χ1) is 13.4. The van der Waals surface area contributed by atoms with E-state index in [-0.39, 0.29) is 11.7 Å². The van der Waals surface area contributed by atoms with Gasteiger partial charge in [-0.3, -0.25) is 9.69 Å². The van der Waals surface area contributed by atoms with Crippen molar-refractivity contribution in [2.24, 2.45) is 4.99 Å². The quantitative estimate of drug-likeness (QED) is 0.720. The summed E-state index contributed by atoms with van der Waals surface area (Å²) in [6, 6.07) is 11.1. The number of phenols is 1. The number of phenolic OH excluding ortho intramolecular Hbond substituents is 1. The maximum absolute atomic E-state index is 12.9. The summed E-state index contributed by atoms with van der Waals surface area (Å²) in [5.74, 6) is 0.425. The summed E-state index contributed by atoms with van der Waals surface area (Å²) in [5, 5.41) is 10.6. The van der Waals surface area contributed by atoms with E-state index in [2.05, 4.69) is 0 Å². The molecule has 0 bridgehead atoms.